The van der Waals surface area contributed by atoms with Crippen molar-refractivity contribution in [3.63, 3.8) is 0 Å². The number of aromatic carboxylic acids is 1. The number of nitrogens with zero attached hydrogens (tertiary/aromatic N) is 1. The zero-order valence-electron chi connectivity index (χ0n) is 7.91. The van der Waals surface area contributed by atoms with Gasteiger partial charge in [0.05, 0.1) is 12.3 Å². The first kappa shape index (κ1) is 12.1. The van der Waals surface area contributed by atoms with Gasteiger partial charge in [-0.05, 0) is 6.92 Å². The van der Waals surface area contributed by atoms with Gasteiger partial charge < -0.3 is 20.4 Å². The Labute approximate surface area is 89.5 Å². The summed E-state index contributed by atoms with van der Waals surface area (Å²) < 4.78 is 0. The lowest BCUT2D eigenvalue weighted by Crippen LogP contribution is -2.21. The molecule has 1 aromatic rings. The first-order valence-corrected chi connectivity index (χ1v) is 4.96. The van der Waals surface area contributed by atoms with Gasteiger partial charge in [-0.1, -0.05) is 0 Å². The van der Waals surface area contributed by atoms with Gasteiger partial charge in [0.1, 0.15) is 22.1 Å². The normalized spacial score (nSPS) is 14.9. The van der Waals surface area contributed by atoms with Crippen LogP contribution in [0.5, 0.6) is 0 Å². The van der Waals surface area contributed by atoms with Gasteiger partial charge in [0.25, 0.3) is 0 Å². The van der Waals surface area contributed by atoms with E-state index in [4.69, 9.17) is 15.3 Å². The monoisotopic (exact) mass is 233 g/mol. The van der Waals surface area contributed by atoms with E-state index in [1.54, 1.807) is 0 Å². The molecule has 0 fully saturated rings. The van der Waals surface area contributed by atoms with Crippen LogP contribution in [0.3, 0.4) is 0 Å². The molecule has 0 bridgehead atoms. The van der Waals surface area contributed by atoms with Crippen LogP contribution in [0.15, 0.2) is 0 Å². The lowest BCUT2D eigenvalue weighted by atomic mass is 10.2. The Hall–Kier alpha value is -1.02. The van der Waals surface area contributed by atoms with Crippen LogP contribution >= 0.6 is 11.3 Å². The molecule has 1 heterocycles. The molecule has 0 radical (unpaired) electrons. The minimum absolute atomic E-state index is 0.0224. The second-order valence-electron chi connectivity index (χ2n) is 2.97. The fourth-order valence-electron chi connectivity index (χ4n) is 1.01. The van der Waals surface area contributed by atoms with Gasteiger partial charge in [0.15, 0.2) is 0 Å². The van der Waals surface area contributed by atoms with Crippen LogP contribution in [0.2, 0.25) is 0 Å². The van der Waals surface area contributed by atoms with Crippen molar-refractivity contribution < 1.29 is 25.2 Å². The molecule has 0 saturated carbocycles. The van der Waals surface area contributed by atoms with Crippen LogP contribution in [-0.2, 0) is 0 Å². The second-order valence-corrected chi connectivity index (χ2v) is 4.00. The molecule has 0 aliphatic heterocycles. The Balaban J connectivity index is 2.97. The fourth-order valence-corrected chi connectivity index (χ4v) is 1.96. The maximum atomic E-state index is 10.7. The molecule has 4 N–H and O–H groups in total. The molecule has 1 aromatic heterocycles. The number of hydrogen-bond acceptors (Lipinski definition) is 6. The van der Waals surface area contributed by atoms with E-state index in [0.717, 1.165) is 11.3 Å². The van der Waals surface area contributed by atoms with Gasteiger partial charge in [-0.3, -0.25) is 0 Å². The van der Waals surface area contributed by atoms with E-state index in [1.165, 1.54) is 6.92 Å². The van der Waals surface area contributed by atoms with Gasteiger partial charge in [0, 0.05) is 0 Å². The highest BCUT2D eigenvalue weighted by molar-refractivity contribution is 7.13. The molecule has 7 heteroatoms. The van der Waals surface area contributed by atoms with Gasteiger partial charge in [-0.15, -0.1) is 11.3 Å². The lowest BCUT2D eigenvalue weighted by Gasteiger charge is -2.11. The summed E-state index contributed by atoms with van der Waals surface area (Å²) in [5.74, 6) is -1.12. The number of aryl methyl sites for hydroxylation is 1. The molecular weight excluding hydrogens is 222 g/mol. The van der Waals surface area contributed by atoms with Crippen molar-refractivity contribution in [1.82, 2.24) is 4.98 Å². The van der Waals surface area contributed by atoms with Crippen molar-refractivity contribution in [2.24, 2.45) is 0 Å². The number of aliphatic hydroxyl groups is 3. The summed E-state index contributed by atoms with van der Waals surface area (Å²) >= 11 is 0.788. The van der Waals surface area contributed by atoms with Gasteiger partial charge in [0.2, 0.25) is 0 Å². The van der Waals surface area contributed by atoms with E-state index in [0.29, 0.717) is 0 Å². The minimum atomic E-state index is -1.35. The molecule has 6 nitrogen and oxygen atoms in total. The number of hydrogen-bond donors (Lipinski definition) is 4. The Kier molecular flexibility index (Phi) is 3.75. The number of thiazole rings is 1. The first-order chi connectivity index (χ1) is 6.97. The number of carboxylic acid groups (broad SMARTS) is 1. The van der Waals surface area contributed by atoms with Crippen LogP contribution in [0.4, 0.5) is 0 Å². The smallest absolute Gasteiger partial charge is 0.347 e. The summed E-state index contributed by atoms with van der Waals surface area (Å²) in [6.45, 7) is 0.893. The van der Waals surface area contributed by atoms with E-state index in [1.807, 2.05) is 0 Å². The maximum Gasteiger partial charge on any atom is 0.347 e. The summed E-state index contributed by atoms with van der Waals surface area (Å²) in [4.78, 5) is 14.5. The highest BCUT2D eigenvalue weighted by Gasteiger charge is 2.24. The van der Waals surface area contributed by atoms with E-state index in [9.17, 15) is 9.90 Å². The first-order valence-electron chi connectivity index (χ1n) is 4.15. The average molecular weight is 233 g/mol. The minimum Gasteiger partial charge on any atom is -0.477 e. The van der Waals surface area contributed by atoms with Crippen molar-refractivity contribution in [1.29, 1.82) is 0 Å². The quantitative estimate of drug-likeness (QED) is 0.560. The van der Waals surface area contributed by atoms with Gasteiger partial charge in [-0.25, -0.2) is 9.78 Å². The summed E-state index contributed by atoms with van der Waals surface area (Å²) in [5, 5.41) is 36.0. The van der Waals surface area contributed by atoms with Crippen molar-refractivity contribution in [2.75, 3.05) is 6.61 Å². The molecule has 0 aliphatic rings. The van der Waals surface area contributed by atoms with E-state index >= 15 is 0 Å². The molecule has 2 unspecified atom stereocenters. The predicted molar refractivity (Wildman–Crippen MR) is 51.9 cm³/mol. The van der Waals surface area contributed by atoms with E-state index in [-0.39, 0.29) is 15.6 Å². The number of carbonyl (C=O) groups is 1. The number of carboxylic acids is 1. The zero-order chi connectivity index (χ0) is 11.6. The Bertz CT molecular complexity index is 364. The van der Waals surface area contributed by atoms with Crippen LogP contribution in [0.25, 0.3) is 0 Å². The van der Waals surface area contributed by atoms with Gasteiger partial charge >= 0.3 is 5.97 Å². The fraction of sp³-hybridized carbons (Fsp3) is 0.500. The third-order valence-electron chi connectivity index (χ3n) is 1.81. The van der Waals surface area contributed by atoms with Gasteiger partial charge in [-0.2, -0.15) is 0 Å². The number of rotatable bonds is 4. The highest BCUT2D eigenvalue weighted by Crippen LogP contribution is 2.25. The molecule has 0 saturated heterocycles. The molecule has 0 aromatic carbocycles. The van der Waals surface area contributed by atoms with Crippen LogP contribution in [-0.4, -0.2) is 44.1 Å². The summed E-state index contributed by atoms with van der Waals surface area (Å²) in [6.07, 6.45) is -2.70. The summed E-state index contributed by atoms with van der Waals surface area (Å²) in [5.41, 5.74) is 0.284. The van der Waals surface area contributed by atoms with E-state index in [2.05, 4.69) is 4.98 Å². The Morgan fingerprint density at radius 2 is 2.13 bits per heavy atom. The molecular formula is C8H11NO5S. The topological polar surface area (TPSA) is 111 Å². The molecule has 84 valence electrons. The Morgan fingerprint density at radius 1 is 1.53 bits per heavy atom. The lowest BCUT2D eigenvalue weighted by molar-refractivity contribution is -0.0153. The summed E-state index contributed by atoms with van der Waals surface area (Å²) in [6, 6.07) is 0. The predicted octanol–water partition coefficient (Wildman–Crippen LogP) is -0.464. The number of aliphatic hydroxyl groups excluding tert-OH is 3. The SMILES string of the molecule is Cc1nc(C(O)C(O)CO)sc1C(=O)O. The largest absolute Gasteiger partial charge is 0.477 e. The number of aromatic nitrogens is 1. The third kappa shape index (κ3) is 2.51. The molecule has 0 spiro atoms. The van der Waals surface area contributed by atoms with Crippen LogP contribution in [0.1, 0.15) is 26.5 Å². The van der Waals surface area contributed by atoms with Crippen molar-refractivity contribution in [2.45, 2.75) is 19.1 Å². The van der Waals surface area contributed by atoms with Crippen molar-refractivity contribution >= 4 is 17.3 Å². The van der Waals surface area contributed by atoms with E-state index < -0.39 is 24.8 Å². The van der Waals surface area contributed by atoms with Crippen LogP contribution in [0, 0.1) is 6.92 Å². The zero-order valence-corrected chi connectivity index (χ0v) is 8.73. The molecule has 15 heavy (non-hydrogen) atoms. The summed E-state index contributed by atoms with van der Waals surface area (Å²) in [7, 11) is 0. The molecule has 0 amide bonds. The standard InChI is InChI=1S/C8H11NO5S/c1-3-6(8(13)14)15-7(9-3)5(12)4(11)2-10/h4-5,10-12H,2H2,1H3,(H,13,14). The average Bonchev–Trinajstić information content (AvgIpc) is 2.58. The van der Waals surface area contributed by atoms with Crippen molar-refractivity contribution in [3.8, 4) is 0 Å². The van der Waals surface area contributed by atoms with Crippen LogP contribution < -0.4 is 0 Å². The maximum absolute atomic E-state index is 10.7. The third-order valence-corrected chi connectivity index (χ3v) is 3.03. The second kappa shape index (κ2) is 4.67. The molecule has 2 atom stereocenters. The molecule has 1 rings (SSSR count). The Morgan fingerprint density at radius 3 is 2.53 bits per heavy atom. The van der Waals surface area contributed by atoms with Crippen molar-refractivity contribution in [3.05, 3.63) is 15.6 Å². The molecule has 0 aliphatic carbocycles. The highest BCUT2D eigenvalue weighted by atomic mass is 32.1.